The molecule has 1 aromatic carbocycles. The summed E-state index contributed by atoms with van der Waals surface area (Å²) in [6, 6.07) is 6.84. The minimum absolute atomic E-state index is 0.104. The van der Waals surface area contributed by atoms with E-state index in [2.05, 4.69) is 10.6 Å². The lowest BCUT2D eigenvalue weighted by atomic mass is 10.2. The molecule has 0 bridgehead atoms. The lowest BCUT2D eigenvalue weighted by Crippen LogP contribution is -2.36. The largest absolute Gasteiger partial charge is 0.478 e. The molecule has 0 aliphatic carbocycles. The number of thioether (sulfide) groups is 1. The maximum Gasteiger partial charge on any atom is 0.328 e. The molecule has 0 radical (unpaired) electrons. The standard InChI is InChI=1S/C15H20N2O3S/c1-11(8-9-21-2)16-15(20)17-13-5-3-4-12(10-13)6-7-14(18)19/h3-7,10-11H,8-9H2,1-2H3,(H,18,19)(H2,16,17,20)/b7-6+. The van der Waals surface area contributed by atoms with Gasteiger partial charge in [-0.3, -0.25) is 0 Å². The first-order valence-electron chi connectivity index (χ1n) is 6.59. The van der Waals surface area contributed by atoms with Gasteiger partial charge in [0.1, 0.15) is 0 Å². The van der Waals surface area contributed by atoms with Crippen molar-refractivity contribution < 1.29 is 14.7 Å². The molecular weight excluding hydrogens is 288 g/mol. The van der Waals surface area contributed by atoms with E-state index in [1.54, 1.807) is 36.0 Å². The highest BCUT2D eigenvalue weighted by Gasteiger charge is 2.07. The molecule has 0 spiro atoms. The van der Waals surface area contributed by atoms with Gasteiger partial charge in [-0.1, -0.05) is 12.1 Å². The van der Waals surface area contributed by atoms with Crippen molar-refractivity contribution in [3.8, 4) is 0 Å². The minimum Gasteiger partial charge on any atom is -0.478 e. The number of urea groups is 1. The fraction of sp³-hybridized carbons (Fsp3) is 0.333. The Labute approximate surface area is 128 Å². The lowest BCUT2D eigenvalue weighted by Gasteiger charge is -2.14. The summed E-state index contributed by atoms with van der Waals surface area (Å²) < 4.78 is 0. The average Bonchev–Trinajstić information content (AvgIpc) is 2.43. The molecule has 1 rings (SSSR count). The van der Waals surface area contributed by atoms with Crippen molar-refractivity contribution in [2.75, 3.05) is 17.3 Å². The van der Waals surface area contributed by atoms with Crippen LogP contribution in [0.25, 0.3) is 6.08 Å². The first-order chi connectivity index (χ1) is 10.0. The summed E-state index contributed by atoms with van der Waals surface area (Å²) >= 11 is 1.74. The number of rotatable bonds is 7. The Balaban J connectivity index is 2.56. The Kier molecular flexibility index (Phi) is 7.39. The number of benzene rings is 1. The number of aliphatic carboxylic acids is 1. The topological polar surface area (TPSA) is 78.4 Å². The van der Waals surface area contributed by atoms with Crippen LogP contribution in [0.2, 0.25) is 0 Å². The lowest BCUT2D eigenvalue weighted by molar-refractivity contribution is -0.131. The summed E-state index contributed by atoms with van der Waals surface area (Å²) in [4.78, 5) is 22.3. The molecule has 5 nitrogen and oxygen atoms in total. The summed E-state index contributed by atoms with van der Waals surface area (Å²) in [5.41, 5.74) is 1.34. The van der Waals surface area contributed by atoms with E-state index < -0.39 is 5.97 Å². The quantitative estimate of drug-likeness (QED) is 0.677. The van der Waals surface area contributed by atoms with E-state index in [0.29, 0.717) is 11.3 Å². The Morgan fingerprint density at radius 1 is 1.43 bits per heavy atom. The number of carbonyl (C=O) groups excluding carboxylic acids is 1. The van der Waals surface area contributed by atoms with Crippen molar-refractivity contribution in [3.63, 3.8) is 0 Å². The molecule has 2 amide bonds. The molecule has 0 aliphatic heterocycles. The second-order valence-corrected chi connectivity index (χ2v) is 5.56. The van der Waals surface area contributed by atoms with Crippen LogP contribution in [0.1, 0.15) is 18.9 Å². The maximum absolute atomic E-state index is 11.8. The molecule has 0 aromatic heterocycles. The van der Waals surface area contributed by atoms with Crippen molar-refractivity contribution in [2.45, 2.75) is 19.4 Å². The van der Waals surface area contributed by atoms with Crippen molar-refractivity contribution in [1.29, 1.82) is 0 Å². The number of carboxylic acids is 1. The Morgan fingerprint density at radius 3 is 2.86 bits per heavy atom. The smallest absolute Gasteiger partial charge is 0.328 e. The number of nitrogens with one attached hydrogen (secondary N) is 2. The van der Waals surface area contributed by atoms with Crippen LogP contribution in [0.15, 0.2) is 30.3 Å². The average molecular weight is 308 g/mol. The van der Waals surface area contributed by atoms with E-state index in [-0.39, 0.29) is 12.1 Å². The fourth-order valence-electron chi connectivity index (χ4n) is 1.65. The van der Waals surface area contributed by atoms with Gasteiger partial charge in [-0.15, -0.1) is 0 Å². The van der Waals surface area contributed by atoms with Crippen LogP contribution in [0, 0.1) is 0 Å². The third kappa shape index (κ3) is 7.41. The van der Waals surface area contributed by atoms with Gasteiger partial charge in [0.25, 0.3) is 0 Å². The maximum atomic E-state index is 11.8. The molecular formula is C15H20N2O3S. The van der Waals surface area contributed by atoms with Crippen molar-refractivity contribution in [2.24, 2.45) is 0 Å². The predicted molar refractivity (Wildman–Crippen MR) is 87.7 cm³/mol. The summed E-state index contributed by atoms with van der Waals surface area (Å²) in [6.07, 6.45) is 5.48. The van der Waals surface area contributed by atoms with Crippen LogP contribution < -0.4 is 10.6 Å². The summed E-state index contributed by atoms with van der Waals surface area (Å²) in [5.74, 6) is -0.00887. The Bertz CT molecular complexity index is 517. The molecule has 1 aromatic rings. The van der Waals surface area contributed by atoms with Crippen molar-refractivity contribution in [1.82, 2.24) is 5.32 Å². The van der Waals surface area contributed by atoms with E-state index in [1.165, 1.54) is 6.08 Å². The van der Waals surface area contributed by atoms with Crippen LogP contribution in [0.4, 0.5) is 10.5 Å². The molecule has 0 fully saturated rings. The summed E-state index contributed by atoms with van der Waals surface area (Å²) in [5, 5.41) is 14.2. The third-order valence-electron chi connectivity index (χ3n) is 2.70. The first-order valence-corrected chi connectivity index (χ1v) is 7.98. The zero-order chi connectivity index (χ0) is 15.7. The highest BCUT2D eigenvalue weighted by atomic mass is 32.2. The number of carbonyl (C=O) groups is 2. The van der Waals surface area contributed by atoms with Crippen LogP contribution in [0.3, 0.4) is 0 Å². The molecule has 21 heavy (non-hydrogen) atoms. The summed E-state index contributed by atoms with van der Waals surface area (Å²) in [7, 11) is 0. The number of carboxylic acid groups (broad SMARTS) is 1. The van der Waals surface area contributed by atoms with Gasteiger partial charge < -0.3 is 15.7 Å². The molecule has 114 valence electrons. The molecule has 0 saturated carbocycles. The molecule has 0 heterocycles. The minimum atomic E-state index is -1.01. The molecule has 1 atom stereocenters. The predicted octanol–water partition coefficient (Wildman–Crippen LogP) is 3.05. The molecule has 0 aliphatic rings. The van der Waals surface area contributed by atoms with E-state index in [9.17, 15) is 9.59 Å². The van der Waals surface area contributed by atoms with E-state index in [0.717, 1.165) is 18.2 Å². The summed E-state index contributed by atoms with van der Waals surface area (Å²) in [6.45, 7) is 1.96. The Morgan fingerprint density at radius 2 is 2.19 bits per heavy atom. The fourth-order valence-corrected chi connectivity index (χ4v) is 2.23. The molecule has 6 heteroatoms. The van der Waals surface area contributed by atoms with Crippen molar-refractivity contribution in [3.05, 3.63) is 35.9 Å². The zero-order valence-corrected chi connectivity index (χ0v) is 12.9. The second kappa shape index (κ2) is 9.07. The van der Waals surface area contributed by atoms with Crippen LogP contribution in [-0.4, -0.2) is 35.2 Å². The number of hydrogen-bond acceptors (Lipinski definition) is 3. The van der Waals surface area contributed by atoms with Gasteiger partial charge in [-0.2, -0.15) is 11.8 Å². The van der Waals surface area contributed by atoms with Gasteiger partial charge in [0.15, 0.2) is 0 Å². The van der Waals surface area contributed by atoms with E-state index in [1.807, 2.05) is 13.2 Å². The highest BCUT2D eigenvalue weighted by molar-refractivity contribution is 7.98. The van der Waals surface area contributed by atoms with Crippen LogP contribution in [0.5, 0.6) is 0 Å². The van der Waals surface area contributed by atoms with Gasteiger partial charge >= 0.3 is 12.0 Å². The molecule has 0 saturated heterocycles. The van der Waals surface area contributed by atoms with E-state index >= 15 is 0 Å². The Hall–Kier alpha value is -1.95. The van der Waals surface area contributed by atoms with Gasteiger partial charge in [0.05, 0.1) is 0 Å². The van der Waals surface area contributed by atoms with Gasteiger partial charge in [0, 0.05) is 17.8 Å². The monoisotopic (exact) mass is 308 g/mol. The highest BCUT2D eigenvalue weighted by Crippen LogP contribution is 2.12. The second-order valence-electron chi connectivity index (χ2n) is 4.58. The number of anilines is 1. The van der Waals surface area contributed by atoms with E-state index in [4.69, 9.17) is 5.11 Å². The van der Waals surface area contributed by atoms with Crippen LogP contribution >= 0.6 is 11.8 Å². The first kappa shape index (κ1) is 17.1. The van der Waals surface area contributed by atoms with Crippen LogP contribution in [-0.2, 0) is 4.79 Å². The third-order valence-corrected chi connectivity index (χ3v) is 3.34. The normalized spacial score (nSPS) is 12.1. The number of hydrogen-bond donors (Lipinski definition) is 3. The van der Waals surface area contributed by atoms with Crippen molar-refractivity contribution >= 4 is 35.5 Å². The molecule has 1 unspecified atom stereocenters. The number of amides is 2. The SMILES string of the molecule is CSCCC(C)NC(=O)Nc1cccc(/C=C/C(=O)O)c1. The zero-order valence-electron chi connectivity index (χ0n) is 12.1. The molecule has 3 N–H and O–H groups in total. The van der Waals surface area contributed by atoms with Gasteiger partial charge in [0.2, 0.25) is 0 Å². The van der Waals surface area contributed by atoms with Gasteiger partial charge in [-0.05, 0) is 49.1 Å². The van der Waals surface area contributed by atoms with Gasteiger partial charge in [-0.25, -0.2) is 9.59 Å².